The van der Waals surface area contributed by atoms with Gasteiger partial charge in [0.15, 0.2) is 11.5 Å². The number of H-pyrrole nitrogens is 1. The number of nitriles is 1. The fourth-order valence-corrected chi connectivity index (χ4v) is 3.66. The van der Waals surface area contributed by atoms with Gasteiger partial charge < -0.3 is 20.3 Å². The Hall–Kier alpha value is -3.64. The van der Waals surface area contributed by atoms with Gasteiger partial charge in [-0.25, -0.2) is 9.97 Å². The van der Waals surface area contributed by atoms with Gasteiger partial charge in [0.2, 0.25) is 0 Å². The van der Waals surface area contributed by atoms with Crippen molar-refractivity contribution in [2.45, 2.75) is 19.9 Å². The van der Waals surface area contributed by atoms with E-state index in [9.17, 15) is 0 Å². The largest absolute Gasteiger partial charge is 0.496 e. The van der Waals surface area contributed by atoms with Gasteiger partial charge in [-0.3, -0.25) is 5.10 Å². The molecule has 0 radical (unpaired) electrons. The summed E-state index contributed by atoms with van der Waals surface area (Å²) in [5.74, 6) is 2.48. The van der Waals surface area contributed by atoms with Crippen molar-refractivity contribution in [3.63, 3.8) is 0 Å². The molecule has 1 aromatic carbocycles. The van der Waals surface area contributed by atoms with Crippen LogP contribution in [0, 0.1) is 17.2 Å². The highest BCUT2D eigenvalue weighted by Gasteiger charge is 2.23. The number of nitrogens with one attached hydrogen (secondary N) is 3. The van der Waals surface area contributed by atoms with Crippen LogP contribution in [0.5, 0.6) is 5.75 Å². The lowest BCUT2D eigenvalue weighted by atomic mass is 10.0. The van der Waals surface area contributed by atoms with Crippen LogP contribution < -0.4 is 20.3 Å². The standard InChI is InChI=1S/C22H26N8O/c1-14(2)19-13-30(7-6-24-19)16-4-5-17(20(8-16)31-3)18-9-21(29-28-18)27-22-12-25-15(10-23)11-26-22/h4-5,8-9,11-12,14,19,24H,6-7,13H2,1-3H3,(H2,26,27,28,29). The number of nitrogens with zero attached hydrogens (tertiary/aromatic N) is 5. The predicted octanol–water partition coefficient (Wildman–Crippen LogP) is 2.92. The molecule has 0 amide bonds. The summed E-state index contributed by atoms with van der Waals surface area (Å²) in [5, 5.41) is 22.9. The second kappa shape index (κ2) is 9.02. The zero-order valence-electron chi connectivity index (χ0n) is 17.9. The topological polar surface area (TPSA) is 115 Å². The molecule has 3 aromatic rings. The predicted molar refractivity (Wildman–Crippen MR) is 119 cm³/mol. The van der Waals surface area contributed by atoms with Gasteiger partial charge in [-0.05, 0) is 18.1 Å². The van der Waals surface area contributed by atoms with Gasteiger partial charge in [-0.2, -0.15) is 10.4 Å². The summed E-state index contributed by atoms with van der Waals surface area (Å²) in [6.45, 7) is 7.41. The molecule has 31 heavy (non-hydrogen) atoms. The highest BCUT2D eigenvalue weighted by atomic mass is 16.5. The lowest BCUT2D eigenvalue weighted by Gasteiger charge is -2.37. The van der Waals surface area contributed by atoms with Gasteiger partial charge in [-0.15, -0.1) is 0 Å². The van der Waals surface area contributed by atoms with Gasteiger partial charge in [0.25, 0.3) is 0 Å². The van der Waals surface area contributed by atoms with Crippen LogP contribution in [0.4, 0.5) is 17.3 Å². The van der Waals surface area contributed by atoms with Crippen LogP contribution in [0.1, 0.15) is 19.5 Å². The summed E-state index contributed by atoms with van der Waals surface area (Å²) < 4.78 is 5.70. The number of anilines is 3. The third-order valence-electron chi connectivity index (χ3n) is 5.45. The molecule has 9 nitrogen and oxygen atoms in total. The average molecular weight is 419 g/mol. The molecule has 0 saturated carbocycles. The molecule has 1 atom stereocenters. The Morgan fingerprint density at radius 1 is 1.23 bits per heavy atom. The Labute approximate surface area is 181 Å². The third-order valence-corrected chi connectivity index (χ3v) is 5.45. The third kappa shape index (κ3) is 4.59. The number of hydrogen-bond acceptors (Lipinski definition) is 8. The van der Waals surface area contributed by atoms with Crippen molar-refractivity contribution in [2.24, 2.45) is 5.92 Å². The van der Waals surface area contributed by atoms with Crippen LogP contribution >= 0.6 is 0 Å². The molecule has 1 aliphatic heterocycles. The van der Waals surface area contributed by atoms with E-state index in [4.69, 9.17) is 10.00 Å². The van der Waals surface area contributed by atoms with Crippen LogP contribution in [0.15, 0.2) is 36.7 Å². The summed E-state index contributed by atoms with van der Waals surface area (Å²) in [6, 6.07) is 10.6. The molecule has 160 valence electrons. The minimum atomic E-state index is 0.266. The van der Waals surface area contributed by atoms with Crippen molar-refractivity contribution in [1.29, 1.82) is 5.26 Å². The van der Waals surface area contributed by atoms with Crippen molar-refractivity contribution in [3.8, 4) is 23.1 Å². The van der Waals surface area contributed by atoms with Gasteiger partial charge in [0.1, 0.15) is 17.6 Å². The molecule has 2 aromatic heterocycles. The van der Waals surface area contributed by atoms with E-state index < -0.39 is 0 Å². The molecule has 1 fully saturated rings. The maximum absolute atomic E-state index is 8.83. The fraction of sp³-hybridized carbons (Fsp3) is 0.364. The van der Waals surface area contributed by atoms with E-state index in [1.165, 1.54) is 12.4 Å². The Morgan fingerprint density at radius 3 is 2.81 bits per heavy atom. The Kier molecular flexibility index (Phi) is 6.00. The minimum Gasteiger partial charge on any atom is -0.496 e. The summed E-state index contributed by atoms with van der Waals surface area (Å²) in [4.78, 5) is 10.6. The normalized spacial score (nSPS) is 16.2. The Morgan fingerprint density at radius 2 is 2.10 bits per heavy atom. The van der Waals surface area contributed by atoms with E-state index >= 15 is 0 Å². The van der Waals surface area contributed by atoms with E-state index in [0.29, 0.717) is 23.6 Å². The maximum Gasteiger partial charge on any atom is 0.158 e. The maximum atomic E-state index is 8.83. The number of hydrogen-bond donors (Lipinski definition) is 3. The average Bonchev–Trinajstić information content (AvgIpc) is 3.27. The molecular formula is C22H26N8O. The Balaban J connectivity index is 1.52. The number of aromatic nitrogens is 4. The summed E-state index contributed by atoms with van der Waals surface area (Å²) in [5.41, 5.74) is 3.17. The molecule has 0 aliphatic carbocycles. The van der Waals surface area contributed by atoms with Crippen molar-refractivity contribution < 1.29 is 4.74 Å². The molecule has 0 spiro atoms. The van der Waals surface area contributed by atoms with E-state index in [0.717, 1.165) is 42.3 Å². The fourth-order valence-electron chi connectivity index (χ4n) is 3.66. The first-order valence-corrected chi connectivity index (χ1v) is 10.3. The van der Waals surface area contributed by atoms with Crippen molar-refractivity contribution in [2.75, 3.05) is 37.0 Å². The first-order valence-electron chi connectivity index (χ1n) is 10.3. The highest BCUT2D eigenvalue weighted by molar-refractivity contribution is 5.73. The van der Waals surface area contributed by atoms with E-state index in [1.807, 2.05) is 12.1 Å². The molecule has 9 heteroatoms. The SMILES string of the molecule is COc1cc(N2CCNC(C(C)C)C2)ccc1-c1cc(Nc2cnc(C#N)cn2)n[nH]1. The molecule has 1 unspecified atom stereocenters. The number of aromatic amines is 1. The quantitative estimate of drug-likeness (QED) is 0.560. The first kappa shape index (κ1) is 20.6. The van der Waals surface area contributed by atoms with Crippen molar-refractivity contribution in [1.82, 2.24) is 25.5 Å². The van der Waals surface area contributed by atoms with Crippen LogP contribution in [0.2, 0.25) is 0 Å². The second-order valence-corrected chi connectivity index (χ2v) is 7.83. The van der Waals surface area contributed by atoms with Crippen LogP contribution in [0.3, 0.4) is 0 Å². The minimum absolute atomic E-state index is 0.266. The Bertz CT molecular complexity index is 1070. The molecular weight excluding hydrogens is 392 g/mol. The second-order valence-electron chi connectivity index (χ2n) is 7.83. The van der Waals surface area contributed by atoms with Crippen molar-refractivity contribution >= 4 is 17.3 Å². The van der Waals surface area contributed by atoms with Gasteiger partial charge in [0, 0.05) is 49.1 Å². The first-order chi connectivity index (χ1) is 15.1. The molecule has 3 heterocycles. The smallest absolute Gasteiger partial charge is 0.158 e. The number of methoxy groups -OCH3 is 1. The van der Waals surface area contributed by atoms with Crippen LogP contribution in [-0.2, 0) is 0 Å². The van der Waals surface area contributed by atoms with Gasteiger partial charge >= 0.3 is 0 Å². The monoisotopic (exact) mass is 418 g/mol. The molecule has 1 aliphatic rings. The number of rotatable bonds is 6. The van der Waals surface area contributed by atoms with E-state index in [2.05, 4.69) is 67.7 Å². The van der Waals surface area contributed by atoms with Gasteiger partial charge in [-0.1, -0.05) is 13.8 Å². The summed E-state index contributed by atoms with van der Waals surface area (Å²) >= 11 is 0. The van der Waals surface area contributed by atoms with Gasteiger partial charge in [0.05, 0.1) is 25.2 Å². The highest BCUT2D eigenvalue weighted by Crippen LogP contribution is 2.34. The van der Waals surface area contributed by atoms with Crippen LogP contribution in [-0.4, -0.2) is 53.0 Å². The zero-order valence-corrected chi connectivity index (χ0v) is 17.9. The molecule has 4 rings (SSSR count). The number of ether oxygens (including phenoxy) is 1. The zero-order chi connectivity index (χ0) is 21.8. The number of piperazine rings is 1. The molecule has 1 saturated heterocycles. The molecule has 0 bridgehead atoms. The number of benzene rings is 1. The lowest BCUT2D eigenvalue weighted by Crippen LogP contribution is -2.52. The van der Waals surface area contributed by atoms with Crippen molar-refractivity contribution in [3.05, 3.63) is 42.4 Å². The summed E-state index contributed by atoms with van der Waals surface area (Å²) in [7, 11) is 1.68. The molecule has 3 N–H and O–H groups in total. The van der Waals surface area contributed by atoms with Crippen LogP contribution in [0.25, 0.3) is 11.3 Å². The lowest BCUT2D eigenvalue weighted by molar-refractivity contribution is 0.368. The summed E-state index contributed by atoms with van der Waals surface area (Å²) in [6.07, 6.45) is 2.91. The van der Waals surface area contributed by atoms with E-state index in [1.54, 1.807) is 7.11 Å². The van der Waals surface area contributed by atoms with E-state index in [-0.39, 0.29) is 5.69 Å².